The third-order valence-corrected chi connectivity index (χ3v) is 9.82. The zero-order chi connectivity index (χ0) is 21.0. The molecule has 0 aromatic heterocycles. The molecule has 0 N–H and O–H groups in total. The summed E-state index contributed by atoms with van der Waals surface area (Å²) in [6.45, 7) is 11.9. The number of carbonyl (C=O) groups excluding carboxylic acids is 2. The van der Waals surface area contributed by atoms with Gasteiger partial charge in [-0.1, -0.05) is 65.5 Å². The van der Waals surface area contributed by atoms with Crippen LogP contribution in [0.4, 0.5) is 0 Å². The molecular weight excluding hydrogens is 356 g/mol. The molecule has 0 aliphatic heterocycles. The molecule has 7 atom stereocenters. The third kappa shape index (κ3) is 3.47. The predicted octanol–water partition coefficient (Wildman–Crippen LogP) is 6.78. The maximum Gasteiger partial charge on any atom is 0.137 e. The molecule has 3 saturated carbocycles. The van der Waals surface area contributed by atoms with Crippen molar-refractivity contribution in [1.82, 2.24) is 0 Å². The van der Waals surface area contributed by atoms with Crippen molar-refractivity contribution >= 4 is 11.6 Å². The second-order valence-electron chi connectivity index (χ2n) is 12.0. The standard InChI is InChI=1S/C27H42O2/c1-17(2)7-6-8-18(3)22-11-12-23-21-10-9-19-15-20(28)13-14-26(19,4)25(21)24(29)16-27(22,23)5/h9,17-18,21-23,25H,6-8,10-16H2,1-5H3/t18-,21+,22-,23+,25-,26+,27-/m1/s1. The molecule has 0 bridgehead atoms. The summed E-state index contributed by atoms with van der Waals surface area (Å²) in [5, 5.41) is 0. The van der Waals surface area contributed by atoms with Crippen molar-refractivity contribution in [3.8, 4) is 0 Å². The number of rotatable bonds is 5. The molecular formula is C27H42O2. The second-order valence-corrected chi connectivity index (χ2v) is 12.0. The van der Waals surface area contributed by atoms with E-state index in [2.05, 4.69) is 40.7 Å². The minimum absolute atomic E-state index is 0.0454. The molecule has 0 saturated heterocycles. The summed E-state index contributed by atoms with van der Waals surface area (Å²) in [6, 6.07) is 0. The highest BCUT2D eigenvalue weighted by Crippen LogP contribution is 2.66. The summed E-state index contributed by atoms with van der Waals surface area (Å²) in [5.74, 6) is 4.49. The van der Waals surface area contributed by atoms with Crippen LogP contribution in [-0.2, 0) is 9.59 Å². The number of allylic oxidation sites excluding steroid dienone is 2. The van der Waals surface area contributed by atoms with Crippen LogP contribution < -0.4 is 0 Å². The predicted molar refractivity (Wildman–Crippen MR) is 118 cm³/mol. The number of Topliss-reactive ketones (excluding diaryl/α,β-unsaturated/α-hetero) is 2. The zero-order valence-corrected chi connectivity index (χ0v) is 19.4. The first kappa shape index (κ1) is 21.3. The van der Waals surface area contributed by atoms with Crippen LogP contribution in [0.25, 0.3) is 0 Å². The van der Waals surface area contributed by atoms with Gasteiger partial charge in [0.15, 0.2) is 0 Å². The molecule has 0 aromatic rings. The molecule has 0 amide bonds. The summed E-state index contributed by atoms with van der Waals surface area (Å²) in [5.41, 5.74) is 1.45. The van der Waals surface area contributed by atoms with Crippen molar-refractivity contribution in [2.24, 2.45) is 46.3 Å². The Morgan fingerprint density at radius 3 is 2.59 bits per heavy atom. The average molecular weight is 399 g/mol. The Hall–Kier alpha value is -0.920. The molecule has 0 radical (unpaired) electrons. The normalized spacial score (nSPS) is 42.9. The molecule has 3 fully saturated rings. The van der Waals surface area contributed by atoms with Crippen LogP contribution in [0.15, 0.2) is 11.6 Å². The lowest BCUT2D eigenvalue weighted by Crippen LogP contribution is -2.54. The van der Waals surface area contributed by atoms with Gasteiger partial charge in [-0.3, -0.25) is 9.59 Å². The van der Waals surface area contributed by atoms with Crippen LogP contribution in [0.5, 0.6) is 0 Å². The van der Waals surface area contributed by atoms with Crippen molar-refractivity contribution in [2.75, 3.05) is 0 Å². The molecule has 0 aromatic carbocycles. The number of hydrogen-bond acceptors (Lipinski definition) is 2. The smallest absolute Gasteiger partial charge is 0.137 e. The topological polar surface area (TPSA) is 34.1 Å². The van der Waals surface area contributed by atoms with Gasteiger partial charge < -0.3 is 0 Å². The van der Waals surface area contributed by atoms with E-state index in [0.717, 1.165) is 31.1 Å². The molecule has 2 heteroatoms. The van der Waals surface area contributed by atoms with E-state index in [9.17, 15) is 9.59 Å². The van der Waals surface area contributed by atoms with Gasteiger partial charge in [-0.25, -0.2) is 0 Å². The Balaban J connectivity index is 1.56. The number of ketones is 2. The van der Waals surface area contributed by atoms with Crippen molar-refractivity contribution in [1.29, 1.82) is 0 Å². The molecule has 2 nitrogen and oxygen atoms in total. The van der Waals surface area contributed by atoms with Gasteiger partial charge >= 0.3 is 0 Å². The largest absolute Gasteiger partial charge is 0.299 e. The lowest BCUT2D eigenvalue weighted by Gasteiger charge is -2.56. The van der Waals surface area contributed by atoms with Gasteiger partial charge in [-0.2, -0.15) is 0 Å². The van der Waals surface area contributed by atoms with E-state index in [0.29, 0.717) is 42.2 Å². The average Bonchev–Trinajstić information content (AvgIpc) is 2.98. The first-order chi connectivity index (χ1) is 13.7. The van der Waals surface area contributed by atoms with Crippen LogP contribution in [0.3, 0.4) is 0 Å². The number of carbonyl (C=O) groups is 2. The summed E-state index contributed by atoms with van der Waals surface area (Å²) in [7, 11) is 0. The van der Waals surface area contributed by atoms with Crippen molar-refractivity contribution in [3.05, 3.63) is 11.6 Å². The van der Waals surface area contributed by atoms with Crippen LogP contribution in [0, 0.1) is 46.3 Å². The lowest BCUT2D eigenvalue weighted by atomic mass is 9.46. The monoisotopic (exact) mass is 398 g/mol. The molecule has 4 aliphatic carbocycles. The van der Waals surface area contributed by atoms with E-state index in [1.807, 2.05) is 0 Å². The van der Waals surface area contributed by atoms with Crippen LogP contribution in [0.1, 0.15) is 98.8 Å². The Kier molecular flexibility index (Phi) is 5.62. The quantitative estimate of drug-likeness (QED) is 0.479. The Labute approximate surface area is 178 Å². The maximum absolute atomic E-state index is 13.7. The highest BCUT2D eigenvalue weighted by atomic mass is 16.1. The first-order valence-electron chi connectivity index (χ1n) is 12.4. The summed E-state index contributed by atoms with van der Waals surface area (Å²) < 4.78 is 0. The van der Waals surface area contributed by atoms with Gasteiger partial charge in [0.25, 0.3) is 0 Å². The Morgan fingerprint density at radius 2 is 1.86 bits per heavy atom. The molecule has 29 heavy (non-hydrogen) atoms. The Morgan fingerprint density at radius 1 is 1.10 bits per heavy atom. The highest BCUT2D eigenvalue weighted by Gasteiger charge is 2.62. The van der Waals surface area contributed by atoms with Crippen molar-refractivity contribution < 1.29 is 9.59 Å². The summed E-state index contributed by atoms with van der Waals surface area (Å²) >= 11 is 0. The lowest BCUT2D eigenvalue weighted by molar-refractivity contribution is -0.146. The molecule has 0 unspecified atom stereocenters. The zero-order valence-electron chi connectivity index (χ0n) is 19.4. The third-order valence-electron chi connectivity index (χ3n) is 9.82. The molecule has 162 valence electrons. The van der Waals surface area contributed by atoms with Crippen molar-refractivity contribution in [2.45, 2.75) is 98.8 Å². The molecule has 0 spiro atoms. The van der Waals surface area contributed by atoms with Crippen molar-refractivity contribution in [3.63, 3.8) is 0 Å². The van der Waals surface area contributed by atoms with E-state index in [-0.39, 0.29) is 16.7 Å². The van der Waals surface area contributed by atoms with Gasteiger partial charge in [-0.05, 0) is 66.1 Å². The maximum atomic E-state index is 13.7. The fraction of sp³-hybridized carbons (Fsp3) is 0.852. The van der Waals surface area contributed by atoms with Gasteiger partial charge in [0.1, 0.15) is 11.6 Å². The first-order valence-corrected chi connectivity index (χ1v) is 12.4. The highest BCUT2D eigenvalue weighted by molar-refractivity contribution is 5.87. The fourth-order valence-electron chi connectivity index (χ4n) is 8.33. The SMILES string of the molecule is CC(C)CCC[C@@H](C)[C@H]1CC[C@H]2[C@@H]3CC=C4CC(=O)CC[C@]4(C)[C@H]3C(=O)C[C@]12C. The van der Waals surface area contributed by atoms with E-state index in [1.165, 1.54) is 37.7 Å². The second kappa shape index (κ2) is 7.65. The molecule has 4 aliphatic rings. The fourth-order valence-corrected chi connectivity index (χ4v) is 8.33. The minimum Gasteiger partial charge on any atom is -0.299 e. The van der Waals surface area contributed by atoms with E-state index in [4.69, 9.17) is 0 Å². The summed E-state index contributed by atoms with van der Waals surface area (Å²) in [6.07, 6.45) is 13.0. The van der Waals surface area contributed by atoms with E-state index in [1.54, 1.807) is 0 Å². The van der Waals surface area contributed by atoms with Crippen LogP contribution in [-0.4, -0.2) is 11.6 Å². The van der Waals surface area contributed by atoms with E-state index < -0.39 is 0 Å². The molecule has 0 heterocycles. The van der Waals surface area contributed by atoms with Crippen LogP contribution >= 0.6 is 0 Å². The molecule has 4 rings (SSSR count). The van der Waals surface area contributed by atoms with Gasteiger partial charge in [0.05, 0.1) is 0 Å². The van der Waals surface area contributed by atoms with Gasteiger partial charge in [0.2, 0.25) is 0 Å². The minimum atomic E-state index is -0.0454. The number of hydrogen-bond donors (Lipinski definition) is 0. The van der Waals surface area contributed by atoms with E-state index >= 15 is 0 Å². The Bertz CT molecular complexity index is 703. The van der Waals surface area contributed by atoms with Crippen LogP contribution in [0.2, 0.25) is 0 Å². The number of fused-ring (bicyclic) bond motifs is 5. The van der Waals surface area contributed by atoms with Gasteiger partial charge in [0, 0.05) is 25.2 Å². The van der Waals surface area contributed by atoms with Gasteiger partial charge in [-0.15, -0.1) is 0 Å². The summed E-state index contributed by atoms with van der Waals surface area (Å²) in [4.78, 5) is 25.7.